The molecule has 8 heteroatoms. The molecule has 2 aromatic rings. The molecule has 2 aliphatic rings. The molecular formula is C22H27N3O4S. The van der Waals surface area contributed by atoms with Crippen LogP contribution in [-0.4, -0.2) is 45.5 Å². The Bertz CT molecular complexity index is 1030. The first-order valence-corrected chi connectivity index (χ1v) is 11.7. The van der Waals surface area contributed by atoms with Crippen molar-refractivity contribution >= 4 is 21.6 Å². The number of piperidine rings is 1. The molecule has 0 atom stereocenters. The summed E-state index contributed by atoms with van der Waals surface area (Å²) in [6, 6.07) is 13.1. The normalized spacial score (nSPS) is 17.8. The average molecular weight is 430 g/mol. The summed E-state index contributed by atoms with van der Waals surface area (Å²) in [5, 5.41) is 2.64. The molecule has 160 valence electrons. The number of nitrogens with one attached hydrogen (secondary N) is 2. The van der Waals surface area contributed by atoms with Gasteiger partial charge in [0.25, 0.3) is 5.91 Å². The Hall–Kier alpha value is -2.42. The molecular weight excluding hydrogens is 402 g/mol. The Morgan fingerprint density at radius 1 is 1.17 bits per heavy atom. The summed E-state index contributed by atoms with van der Waals surface area (Å²) in [7, 11) is -3.65. The molecule has 2 aliphatic heterocycles. The minimum Gasteiger partial charge on any atom is -0.482 e. The lowest BCUT2D eigenvalue weighted by Crippen LogP contribution is -2.38. The first-order valence-electron chi connectivity index (χ1n) is 10.2. The first kappa shape index (κ1) is 20.8. The number of benzene rings is 2. The minimum atomic E-state index is -3.65. The van der Waals surface area contributed by atoms with Crippen LogP contribution in [0.2, 0.25) is 0 Å². The number of hydrogen-bond donors (Lipinski definition) is 2. The Morgan fingerprint density at radius 2 is 1.97 bits per heavy atom. The van der Waals surface area contributed by atoms with Crippen LogP contribution in [0.5, 0.6) is 5.75 Å². The maximum absolute atomic E-state index is 12.7. The third-order valence-electron chi connectivity index (χ3n) is 5.65. The Morgan fingerprint density at radius 3 is 2.73 bits per heavy atom. The van der Waals surface area contributed by atoms with E-state index in [1.165, 1.54) is 23.3 Å². The van der Waals surface area contributed by atoms with Crippen LogP contribution < -0.4 is 14.8 Å². The predicted octanol–water partition coefficient (Wildman–Crippen LogP) is 2.52. The molecule has 0 spiro atoms. The van der Waals surface area contributed by atoms with E-state index in [4.69, 9.17) is 4.74 Å². The summed E-state index contributed by atoms with van der Waals surface area (Å²) in [5.41, 5.74) is 2.97. The second kappa shape index (κ2) is 8.75. The van der Waals surface area contributed by atoms with Gasteiger partial charge < -0.3 is 10.1 Å². The number of nitrogens with zero attached hydrogens (tertiary/aromatic N) is 1. The maximum atomic E-state index is 12.7. The van der Waals surface area contributed by atoms with E-state index in [2.05, 4.69) is 46.1 Å². The number of anilines is 1. The van der Waals surface area contributed by atoms with Crippen molar-refractivity contribution in [2.45, 2.75) is 31.2 Å². The van der Waals surface area contributed by atoms with Crippen molar-refractivity contribution in [1.82, 2.24) is 9.62 Å². The van der Waals surface area contributed by atoms with Crippen molar-refractivity contribution in [3.63, 3.8) is 0 Å². The molecule has 1 fully saturated rings. The molecule has 7 nitrogen and oxygen atoms in total. The quantitative estimate of drug-likeness (QED) is 0.737. The molecule has 0 unspecified atom stereocenters. The van der Waals surface area contributed by atoms with Gasteiger partial charge in [0.1, 0.15) is 5.75 Å². The third-order valence-corrected chi connectivity index (χ3v) is 7.07. The number of fused-ring (bicyclic) bond motifs is 1. The van der Waals surface area contributed by atoms with Gasteiger partial charge >= 0.3 is 0 Å². The van der Waals surface area contributed by atoms with Gasteiger partial charge in [0.05, 0.1) is 10.6 Å². The summed E-state index contributed by atoms with van der Waals surface area (Å²) in [4.78, 5) is 14.0. The van der Waals surface area contributed by atoms with Crippen LogP contribution in [0.25, 0.3) is 0 Å². The van der Waals surface area contributed by atoms with Gasteiger partial charge in [-0.05, 0) is 62.5 Å². The standard InChI is InChI=1S/C22H27N3O4S/c1-16-3-2-4-18(11-16)14-25-9-7-17(8-10-25)13-23-30(27,28)19-5-6-21-20(12-19)24-22(26)15-29-21/h2-6,11-12,17,23H,7-10,13-15H2,1H3,(H,24,26). The molecule has 1 saturated heterocycles. The number of sulfonamides is 1. The number of carbonyl (C=O) groups is 1. The Kier molecular flexibility index (Phi) is 6.08. The summed E-state index contributed by atoms with van der Waals surface area (Å²) >= 11 is 0. The average Bonchev–Trinajstić information content (AvgIpc) is 2.73. The highest BCUT2D eigenvalue weighted by Gasteiger charge is 2.24. The highest BCUT2D eigenvalue weighted by Crippen LogP contribution is 2.30. The molecule has 4 rings (SSSR count). The smallest absolute Gasteiger partial charge is 0.262 e. The Labute approximate surface area is 177 Å². The van der Waals surface area contributed by atoms with Crippen LogP contribution in [0.1, 0.15) is 24.0 Å². The lowest BCUT2D eigenvalue weighted by Gasteiger charge is -2.32. The zero-order valence-corrected chi connectivity index (χ0v) is 17.9. The van der Waals surface area contributed by atoms with Crippen LogP contribution in [0, 0.1) is 12.8 Å². The molecule has 0 aliphatic carbocycles. The van der Waals surface area contributed by atoms with Gasteiger partial charge in [-0.2, -0.15) is 0 Å². The van der Waals surface area contributed by atoms with E-state index in [-0.39, 0.29) is 17.4 Å². The third kappa shape index (κ3) is 5.00. The second-order valence-electron chi connectivity index (χ2n) is 8.06. The second-order valence-corrected chi connectivity index (χ2v) is 9.82. The van der Waals surface area contributed by atoms with E-state index in [1.54, 1.807) is 6.07 Å². The lowest BCUT2D eigenvalue weighted by molar-refractivity contribution is -0.118. The minimum absolute atomic E-state index is 0.0556. The zero-order chi connectivity index (χ0) is 21.1. The van der Waals surface area contributed by atoms with E-state index < -0.39 is 10.0 Å². The van der Waals surface area contributed by atoms with Crippen LogP contribution in [0.15, 0.2) is 47.4 Å². The molecule has 0 radical (unpaired) electrons. The van der Waals surface area contributed by atoms with Crippen molar-refractivity contribution in [2.24, 2.45) is 5.92 Å². The van der Waals surface area contributed by atoms with E-state index in [0.717, 1.165) is 32.5 Å². The van der Waals surface area contributed by atoms with Crippen molar-refractivity contribution in [3.05, 3.63) is 53.6 Å². The van der Waals surface area contributed by atoms with Gasteiger partial charge in [-0.25, -0.2) is 13.1 Å². The monoisotopic (exact) mass is 429 g/mol. The molecule has 2 N–H and O–H groups in total. The van der Waals surface area contributed by atoms with Crippen LogP contribution in [0.3, 0.4) is 0 Å². The molecule has 0 saturated carbocycles. The molecule has 30 heavy (non-hydrogen) atoms. The number of aryl methyl sites for hydroxylation is 1. The predicted molar refractivity (Wildman–Crippen MR) is 115 cm³/mol. The molecule has 2 heterocycles. The number of carbonyl (C=O) groups excluding carboxylic acids is 1. The van der Waals surface area contributed by atoms with Crippen molar-refractivity contribution in [1.29, 1.82) is 0 Å². The fourth-order valence-corrected chi connectivity index (χ4v) is 5.10. The Balaban J connectivity index is 1.30. The highest BCUT2D eigenvalue weighted by molar-refractivity contribution is 7.89. The maximum Gasteiger partial charge on any atom is 0.262 e. The SMILES string of the molecule is Cc1cccc(CN2CCC(CNS(=O)(=O)c3ccc4c(c3)NC(=O)CO4)CC2)c1. The molecule has 2 aromatic carbocycles. The zero-order valence-electron chi connectivity index (χ0n) is 17.1. The van der Waals surface area contributed by atoms with Gasteiger partial charge in [-0.15, -0.1) is 0 Å². The van der Waals surface area contributed by atoms with E-state index in [9.17, 15) is 13.2 Å². The number of ether oxygens (including phenoxy) is 1. The molecule has 0 aromatic heterocycles. The first-order chi connectivity index (χ1) is 14.4. The number of likely N-dealkylation sites (tertiary alicyclic amines) is 1. The van der Waals surface area contributed by atoms with E-state index in [1.807, 2.05) is 0 Å². The lowest BCUT2D eigenvalue weighted by atomic mass is 9.97. The largest absolute Gasteiger partial charge is 0.482 e. The van der Waals surface area contributed by atoms with Crippen molar-refractivity contribution in [3.8, 4) is 5.75 Å². The van der Waals surface area contributed by atoms with Crippen LogP contribution in [0.4, 0.5) is 5.69 Å². The van der Waals surface area contributed by atoms with Gasteiger partial charge in [-0.1, -0.05) is 29.8 Å². The van der Waals surface area contributed by atoms with Gasteiger partial charge in [-0.3, -0.25) is 9.69 Å². The molecule has 0 bridgehead atoms. The van der Waals surface area contributed by atoms with E-state index in [0.29, 0.717) is 23.9 Å². The van der Waals surface area contributed by atoms with Crippen LogP contribution in [-0.2, 0) is 21.4 Å². The van der Waals surface area contributed by atoms with Gasteiger partial charge in [0.2, 0.25) is 10.0 Å². The summed E-state index contributed by atoms with van der Waals surface area (Å²) in [6.07, 6.45) is 1.92. The molecule has 1 amide bonds. The van der Waals surface area contributed by atoms with Gasteiger partial charge in [0, 0.05) is 13.1 Å². The van der Waals surface area contributed by atoms with E-state index >= 15 is 0 Å². The fourth-order valence-electron chi connectivity index (χ4n) is 3.96. The van der Waals surface area contributed by atoms with Gasteiger partial charge in [0.15, 0.2) is 6.61 Å². The fraction of sp³-hybridized carbons (Fsp3) is 0.409. The summed E-state index contributed by atoms with van der Waals surface area (Å²) in [6.45, 7) is 5.32. The number of amides is 1. The number of hydrogen-bond acceptors (Lipinski definition) is 5. The highest BCUT2D eigenvalue weighted by atomic mass is 32.2. The van der Waals surface area contributed by atoms with Crippen molar-refractivity contribution in [2.75, 3.05) is 31.6 Å². The summed E-state index contributed by atoms with van der Waals surface area (Å²) < 4.78 is 33.4. The van der Waals surface area contributed by atoms with Crippen molar-refractivity contribution < 1.29 is 17.9 Å². The number of rotatable bonds is 6. The topological polar surface area (TPSA) is 87.7 Å². The van der Waals surface area contributed by atoms with Crippen LogP contribution >= 0.6 is 0 Å². The summed E-state index contributed by atoms with van der Waals surface area (Å²) in [5.74, 6) is 0.506.